The standard InChI is InChI=1S/C14H12FN3OS/c15-10-1-3-11(4-2-10)16-6-7-18-9-17-13-12(14(18)19)5-8-20-13/h1-5,8-9,16H,6-7H2. The zero-order valence-corrected chi connectivity index (χ0v) is 11.4. The van der Waals surface area contributed by atoms with Crippen LogP contribution in [0.1, 0.15) is 0 Å². The van der Waals surface area contributed by atoms with Crippen molar-refractivity contribution in [1.82, 2.24) is 9.55 Å². The highest BCUT2D eigenvalue weighted by Crippen LogP contribution is 2.13. The number of anilines is 1. The summed E-state index contributed by atoms with van der Waals surface area (Å²) >= 11 is 1.46. The zero-order chi connectivity index (χ0) is 13.9. The number of hydrogen-bond donors (Lipinski definition) is 1. The number of benzene rings is 1. The number of rotatable bonds is 4. The van der Waals surface area contributed by atoms with Crippen molar-refractivity contribution >= 4 is 27.2 Å². The Morgan fingerprint density at radius 2 is 2.05 bits per heavy atom. The fourth-order valence-electron chi connectivity index (χ4n) is 1.94. The summed E-state index contributed by atoms with van der Waals surface area (Å²) in [6.07, 6.45) is 1.56. The van der Waals surface area contributed by atoms with E-state index in [2.05, 4.69) is 10.3 Å². The van der Waals surface area contributed by atoms with Gasteiger partial charge in [0.25, 0.3) is 5.56 Å². The first-order valence-corrected chi connectivity index (χ1v) is 7.04. The molecule has 0 amide bonds. The van der Waals surface area contributed by atoms with Gasteiger partial charge >= 0.3 is 0 Å². The molecule has 0 bridgehead atoms. The van der Waals surface area contributed by atoms with Gasteiger partial charge in [0.2, 0.25) is 0 Å². The molecule has 0 atom stereocenters. The van der Waals surface area contributed by atoms with Gasteiger partial charge < -0.3 is 5.32 Å². The molecule has 2 aromatic heterocycles. The first-order chi connectivity index (χ1) is 9.74. The molecule has 6 heteroatoms. The monoisotopic (exact) mass is 289 g/mol. The van der Waals surface area contributed by atoms with Crippen molar-refractivity contribution in [2.45, 2.75) is 6.54 Å². The van der Waals surface area contributed by atoms with Crippen molar-refractivity contribution in [3.05, 3.63) is 58.2 Å². The first-order valence-electron chi connectivity index (χ1n) is 6.16. The molecule has 102 valence electrons. The van der Waals surface area contributed by atoms with Crippen molar-refractivity contribution < 1.29 is 4.39 Å². The predicted molar refractivity (Wildman–Crippen MR) is 78.8 cm³/mol. The summed E-state index contributed by atoms with van der Waals surface area (Å²) in [5.41, 5.74) is 0.793. The van der Waals surface area contributed by atoms with E-state index in [-0.39, 0.29) is 11.4 Å². The van der Waals surface area contributed by atoms with Crippen LogP contribution in [0.2, 0.25) is 0 Å². The molecule has 4 nitrogen and oxygen atoms in total. The van der Waals surface area contributed by atoms with Gasteiger partial charge in [0, 0.05) is 18.8 Å². The number of thiophene rings is 1. The highest BCUT2D eigenvalue weighted by Gasteiger charge is 2.04. The summed E-state index contributed by atoms with van der Waals surface area (Å²) in [6.45, 7) is 1.08. The Morgan fingerprint density at radius 3 is 2.85 bits per heavy atom. The van der Waals surface area contributed by atoms with E-state index in [1.54, 1.807) is 29.1 Å². The molecule has 0 aliphatic heterocycles. The molecule has 0 saturated heterocycles. The van der Waals surface area contributed by atoms with Crippen molar-refractivity contribution in [1.29, 1.82) is 0 Å². The number of aromatic nitrogens is 2. The Hall–Kier alpha value is -2.21. The minimum Gasteiger partial charge on any atom is -0.383 e. The van der Waals surface area contributed by atoms with Crippen LogP contribution in [0.15, 0.2) is 46.8 Å². The topological polar surface area (TPSA) is 46.9 Å². The van der Waals surface area contributed by atoms with Crippen LogP contribution in [0.4, 0.5) is 10.1 Å². The van der Waals surface area contributed by atoms with E-state index in [4.69, 9.17) is 0 Å². The molecular formula is C14H12FN3OS. The lowest BCUT2D eigenvalue weighted by atomic mass is 10.3. The summed E-state index contributed by atoms with van der Waals surface area (Å²) in [5.74, 6) is -0.265. The Labute approximate surface area is 118 Å². The minimum atomic E-state index is -0.265. The Bertz CT molecular complexity index is 779. The molecule has 3 rings (SSSR count). The van der Waals surface area contributed by atoms with Gasteiger partial charge in [0.15, 0.2) is 0 Å². The summed E-state index contributed by atoms with van der Waals surface area (Å²) in [7, 11) is 0. The third kappa shape index (κ3) is 2.55. The van der Waals surface area contributed by atoms with Gasteiger partial charge in [-0.2, -0.15) is 0 Å². The molecule has 0 spiro atoms. The highest BCUT2D eigenvalue weighted by atomic mass is 32.1. The van der Waals surface area contributed by atoms with Crippen LogP contribution >= 0.6 is 11.3 Å². The molecule has 1 aromatic carbocycles. The smallest absolute Gasteiger partial charge is 0.262 e. The third-order valence-corrected chi connectivity index (χ3v) is 3.80. The molecule has 1 N–H and O–H groups in total. The van der Waals surface area contributed by atoms with Gasteiger partial charge in [0.1, 0.15) is 10.6 Å². The number of fused-ring (bicyclic) bond motifs is 1. The largest absolute Gasteiger partial charge is 0.383 e. The number of halogens is 1. The van der Waals surface area contributed by atoms with Crippen molar-refractivity contribution in [2.24, 2.45) is 0 Å². The molecule has 20 heavy (non-hydrogen) atoms. The maximum Gasteiger partial charge on any atom is 0.262 e. The molecule has 2 heterocycles. The average Bonchev–Trinajstić information content (AvgIpc) is 2.93. The lowest BCUT2D eigenvalue weighted by molar-refractivity contribution is 0.628. The maximum absolute atomic E-state index is 12.8. The van der Waals surface area contributed by atoms with Crippen LogP contribution < -0.4 is 10.9 Å². The van der Waals surface area contributed by atoms with E-state index >= 15 is 0 Å². The molecule has 0 fully saturated rings. The van der Waals surface area contributed by atoms with Crippen LogP contribution in [-0.2, 0) is 6.54 Å². The summed E-state index contributed by atoms with van der Waals surface area (Å²) in [5, 5.41) is 5.65. The van der Waals surface area contributed by atoms with Gasteiger partial charge in [-0.1, -0.05) is 0 Å². The van der Waals surface area contributed by atoms with Crippen LogP contribution in [0.25, 0.3) is 10.2 Å². The quantitative estimate of drug-likeness (QED) is 0.803. The van der Waals surface area contributed by atoms with Gasteiger partial charge in [-0.3, -0.25) is 9.36 Å². The average molecular weight is 289 g/mol. The van der Waals surface area contributed by atoms with Crippen LogP contribution in [0, 0.1) is 5.82 Å². The van der Waals surface area contributed by atoms with Crippen LogP contribution in [0.5, 0.6) is 0 Å². The van der Waals surface area contributed by atoms with Crippen molar-refractivity contribution in [3.63, 3.8) is 0 Å². The molecule has 3 aromatic rings. The SMILES string of the molecule is O=c1c2ccsc2ncn1CCNc1ccc(F)cc1. The summed E-state index contributed by atoms with van der Waals surface area (Å²) < 4.78 is 14.3. The van der Waals surface area contributed by atoms with E-state index in [1.165, 1.54) is 23.5 Å². The van der Waals surface area contributed by atoms with Crippen LogP contribution in [0.3, 0.4) is 0 Å². The Kier molecular flexibility index (Phi) is 3.47. The normalized spacial score (nSPS) is 10.8. The van der Waals surface area contributed by atoms with E-state index < -0.39 is 0 Å². The Balaban J connectivity index is 1.69. The molecule has 0 saturated carbocycles. The number of nitrogens with zero attached hydrogens (tertiary/aromatic N) is 2. The second-order valence-corrected chi connectivity index (χ2v) is 5.21. The fraction of sp³-hybridized carbons (Fsp3) is 0.143. The van der Waals surface area contributed by atoms with Crippen molar-refractivity contribution in [3.8, 4) is 0 Å². The Morgan fingerprint density at radius 1 is 1.25 bits per heavy atom. The maximum atomic E-state index is 12.8. The van der Waals surface area contributed by atoms with Crippen LogP contribution in [-0.4, -0.2) is 16.1 Å². The van der Waals surface area contributed by atoms with E-state index in [0.717, 1.165) is 10.5 Å². The van der Waals surface area contributed by atoms with Gasteiger partial charge in [-0.15, -0.1) is 11.3 Å². The molecule has 0 aliphatic rings. The summed E-state index contributed by atoms with van der Waals surface area (Å²) in [6, 6.07) is 7.91. The number of nitrogens with one attached hydrogen (secondary N) is 1. The van der Waals surface area contributed by atoms with E-state index in [9.17, 15) is 9.18 Å². The first kappa shape index (κ1) is 12.8. The van der Waals surface area contributed by atoms with Crippen molar-refractivity contribution in [2.75, 3.05) is 11.9 Å². The van der Waals surface area contributed by atoms with E-state index in [1.807, 2.05) is 5.38 Å². The number of hydrogen-bond acceptors (Lipinski definition) is 4. The fourth-order valence-corrected chi connectivity index (χ4v) is 2.66. The highest BCUT2D eigenvalue weighted by molar-refractivity contribution is 7.16. The predicted octanol–water partition coefficient (Wildman–Crippen LogP) is 2.71. The lowest BCUT2D eigenvalue weighted by Crippen LogP contribution is -2.23. The third-order valence-electron chi connectivity index (χ3n) is 2.98. The molecular weight excluding hydrogens is 277 g/mol. The van der Waals surface area contributed by atoms with Gasteiger partial charge in [-0.25, -0.2) is 9.37 Å². The second kappa shape index (κ2) is 5.42. The van der Waals surface area contributed by atoms with Gasteiger partial charge in [-0.05, 0) is 35.7 Å². The lowest BCUT2D eigenvalue weighted by Gasteiger charge is -2.08. The van der Waals surface area contributed by atoms with E-state index in [0.29, 0.717) is 18.5 Å². The molecule has 0 radical (unpaired) electrons. The van der Waals surface area contributed by atoms with Gasteiger partial charge in [0.05, 0.1) is 11.7 Å². The summed E-state index contributed by atoms with van der Waals surface area (Å²) in [4.78, 5) is 17.1. The minimum absolute atomic E-state index is 0.0304. The molecule has 0 aliphatic carbocycles. The molecule has 0 unspecified atom stereocenters. The zero-order valence-electron chi connectivity index (χ0n) is 10.5. The second-order valence-electron chi connectivity index (χ2n) is 4.32.